The van der Waals surface area contributed by atoms with Gasteiger partial charge in [-0.1, -0.05) is 38.1 Å². The largest absolute Gasteiger partial charge is 0.478 e. The fourth-order valence-electron chi connectivity index (χ4n) is 3.07. The van der Waals surface area contributed by atoms with E-state index in [1.54, 1.807) is 0 Å². The van der Waals surface area contributed by atoms with E-state index in [4.69, 9.17) is 9.52 Å². The summed E-state index contributed by atoms with van der Waals surface area (Å²) in [6.45, 7) is 4.29. The standard InChI is InChI=1S/C17H17NO4/c1-17(2)8-13(11-5-3-4-6-12(11)17)18-15(19)14-7-10(9-22-14)16(20)21/h3-7,9,13H,8H2,1-2H3,(H,18,19)(H,20,21). The zero-order valence-corrected chi connectivity index (χ0v) is 12.4. The molecule has 1 amide bonds. The number of aromatic carboxylic acids is 1. The summed E-state index contributed by atoms with van der Waals surface area (Å²) < 4.78 is 5.05. The van der Waals surface area contributed by atoms with E-state index in [-0.39, 0.29) is 22.8 Å². The van der Waals surface area contributed by atoms with E-state index < -0.39 is 11.9 Å². The van der Waals surface area contributed by atoms with Gasteiger partial charge in [0.05, 0.1) is 11.6 Å². The van der Waals surface area contributed by atoms with Crippen LogP contribution in [-0.2, 0) is 5.41 Å². The molecule has 0 saturated heterocycles. The van der Waals surface area contributed by atoms with Crippen LogP contribution in [0.5, 0.6) is 0 Å². The smallest absolute Gasteiger partial charge is 0.338 e. The molecule has 1 unspecified atom stereocenters. The molecule has 0 saturated carbocycles. The van der Waals surface area contributed by atoms with Gasteiger partial charge in [0.15, 0.2) is 5.76 Å². The number of nitrogens with one attached hydrogen (secondary N) is 1. The molecule has 1 aliphatic carbocycles. The molecule has 0 aliphatic heterocycles. The van der Waals surface area contributed by atoms with Crippen molar-refractivity contribution in [3.8, 4) is 0 Å². The average molecular weight is 299 g/mol. The number of benzene rings is 1. The fourth-order valence-corrected chi connectivity index (χ4v) is 3.07. The number of carboxylic acids is 1. The number of fused-ring (bicyclic) bond motifs is 1. The lowest BCUT2D eigenvalue weighted by atomic mass is 9.86. The van der Waals surface area contributed by atoms with E-state index in [1.807, 2.05) is 18.2 Å². The first-order chi connectivity index (χ1) is 10.4. The number of rotatable bonds is 3. The van der Waals surface area contributed by atoms with Gasteiger partial charge < -0.3 is 14.8 Å². The lowest BCUT2D eigenvalue weighted by Gasteiger charge is -2.19. The third-order valence-corrected chi connectivity index (χ3v) is 4.16. The van der Waals surface area contributed by atoms with Crippen LogP contribution < -0.4 is 5.32 Å². The Hall–Kier alpha value is -2.56. The van der Waals surface area contributed by atoms with Gasteiger partial charge in [0.2, 0.25) is 0 Å². The van der Waals surface area contributed by atoms with Crippen LogP contribution in [0.2, 0.25) is 0 Å². The number of carboxylic acid groups (broad SMARTS) is 1. The Morgan fingerprint density at radius 3 is 2.73 bits per heavy atom. The summed E-state index contributed by atoms with van der Waals surface area (Å²) in [4.78, 5) is 23.1. The quantitative estimate of drug-likeness (QED) is 0.912. The molecule has 22 heavy (non-hydrogen) atoms. The van der Waals surface area contributed by atoms with Crippen LogP contribution >= 0.6 is 0 Å². The first-order valence-electron chi connectivity index (χ1n) is 7.10. The summed E-state index contributed by atoms with van der Waals surface area (Å²) >= 11 is 0. The number of carbonyl (C=O) groups excluding carboxylic acids is 1. The summed E-state index contributed by atoms with van der Waals surface area (Å²) in [5.74, 6) is -1.50. The average Bonchev–Trinajstić information content (AvgIpc) is 3.04. The second-order valence-electron chi connectivity index (χ2n) is 6.21. The lowest BCUT2D eigenvalue weighted by Crippen LogP contribution is -2.28. The van der Waals surface area contributed by atoms with Gasteiger partial charge in [0.25, 0.3) is 5.91 Å². The van der Waals surface area contributed by atoms with Crippen molar-refractivity contribution >= 4 is 11.9 Å². The molecule has 0 bridgehead atoms. The first-order valence-corrected chi connectivity index (χ1v) is 7.10. The molecular weight excluding hydrogens is 282 g/mol. The molecule has 1 aromatic carbocycles. The van der Waals surface area contributed by atoms with E-state index in [9.17, 15) is 9.59 Å². The van der Waals surface area contributed by atoms with Crippen molar-refractivity contribution < 1.29 is 19.1 Å². The molecule has 5 heteroatoms. The van der Waals surface area contributed by atoms with Crippen LogP contribution in [0.1, 0.15) is 58.3 Å². The summed E-state index contributed by atoms with van der Waals surface area (Å²) in [5.41, 5.74) is 2.29. The zero-order chi connectivity index (χ0) is 15.9. The molecule has 0 radical (unpaired) electrons. The molecule has 1 aromatic heterocycles. The highest BCUT2D eigenvalue weighted by molar-refractivity contribution is 5.95. The van der Waals surface area contributed by atoms with Gasteiger partial charge in [-0.2, -0.15) is 0 Å². The van der Waals surface area contributed by atoms with Gasteiger partial charge in [0, 0.05) is 6.07 Å². The van der Waals surface area contributed by atoms with Gasteiger partial charge in [-0.25, -0.2) is 4.79 Å². The predicted molar refractivity (Wildman–Crippen MR) is 80.0 cm³/mol. The van der Waals surface area contributed by atoms with Gasteiger partial charge >= 0.3 is 5.97 Å². The summed E-state index contributed by atoms with van der Waals surface area (Å²) in [5, 5.41) is 11.8. The summed E-state index contributed by atoms with van der Waals surface area (Å²) in [6, 6.07) is 9.18. The number of furan rings is 1. The van der Waals surface area contributed by atoms with Crippen molar-refractivity contribution in [2.45, 2.75) is 31.7 Å². The SMILES string of the molecule is CC1(C)CC(NC(=O)c2cc(C(=O)O)co2)c2ccccc21. The van der Waals surface area contributed by atoms with Crippen molar-refractivity contribution in [1.82, 2.24) is 5.32 Å². The van der Waals surface area contributed by atoms with E-state index in [0.717, 1.165) is 18.2 Å². The van der Waals surface area contributed by atoms with Crippen LogP contribution in [0.15, 0.2) is 41.0 Å². The normalized spacial score (nSPS) is 18.7. The van der Waals surface area contributed by atoms with Crippen molar-refractivity contribution in [3.05, 3.63) is 59.0 Å². The van der Waals surface area contributed by atoms with E-state index in [1.165, 1.54) is 11.6 Å². The van der Waals surface area contributed by atoms with Crippen LogP contribution in [0.3, 0.4) is 0 Å². The maximum Gasteiger partial charge on any atom is 0.338 e. The molecule has 1 heterocycles. The van der Waals surface area contributed by atoms with Crippen LogP contribution in [0, 0.1) is 0 Å². The maximum absolute atomic E-state index is 12.3. The van der Waals surface area contributed by atoms with Crippen molar-refractivity contribution in [2.24, 2.45) is 0 Å². The van der Waals surface area contributed by atoms with E-state index >= 15 is 0 Å². The Bertz CT molecular complexity index is 745. The molecular formula is C17H17NO4. The van der Waals surface area contributed by atoms with Crippen LogP contribution in [0.25, 0.3) is 0 Å². The highest BCUT2D eigenvalue weighted by atomic mass is 16.4. The topological polar surface area (TPSA) is 79.5 Å². The minimum atomic E-state index is -1.12. The maximum atomic E-state index is 12.3. The highest BCUT2D eigenvalue weighted by Gasteiger charge is 2.37. The third-order valence-electron chi connectivity index (χ3n) is 4.16. The van der Waals surface area contributed by atoms with Crippen molar-refractivity contribution in [3.63, 3.8) is 0 Å². The molecule has 2 aromatic rings. The van der Waals surface area contributed by atoms with Crippen LogP contribution in [-0.4, -0.2) is 17.0 Å². The molecule has 1 aliphatic rings. The molecule has 5 nitrogen and oxygen atoms in total. The minimum Gasteiger partial charge on any atom is -0.478 e. The van der Waals surface area contributed by atoms with Crippen molar-refractivity contribution in [2.75, 3.05) is 0 Å². The molecule has 0 spiro atoms. The number of hydrogen-bond acceptors (Lipinski definition) is 3. The lowest BCUT2D eigenvalue weighted by molar-refractivity contribution is 0.0695. The van der Waals surface area contributed by atoms with E-state index in [2.05, 4.69) is 25.2 Å². The Kier molecular flexibility index (Phi) is 3.28. The van der Waals surface area contributed by atoms with E-state index in [0.29, 0.717) is 0 Å². The Balaban J connectivity index is 1.82. The van der Waals surface area contributed by atoms with Crippen molar-refractivity contribution in [1.29, 1.82) is 0 Å². The molecule has 114 valence electrons. The Labute approximate surface area is 127 Å². The number of carbonyl (C=O) groups is 2. The van der Waals surface area contributed by atoms with Gasteiger partial charge in [-0.05, 0) is 23.0 Å². The van der Waals surface area contributed by atoms with Crippen LogP contribution in [0.4, 0.5) is 0 Å². The summed E-state index contributed by atoms with van der Waals surface area (Å²) in [6.07, 6.45) is 1.87. The first kappa shape index (κ1) is 14.4. The number of hydrogen-bond donors (Lipinski definition) is 2. The van der Waals surface area contributed by atoms with Gasteiger partial charge in [-0.3, -0.25) is 4.79 Å². The Morgan fingerprint density at radius 1 is 1.32 bits per heavy atom. The molecule has 2 N–H and O–H groups in total. The van der Waals surface area contributed by atoms with Gasteiger partial charge in [-0.15, -0.1) is 0 Å². The fraction of sp³-hybridized carbons (Fsp3) is 0.294. The third kappa shape index (κ3) is 2.39. The predicted octanol–water partition coefficient (Wildman–Crippen LogP) is 3.13. The molecule has 3 rings (SSSR count). The second kappa shape index (κ2) is 5.02. The minimum absolute atomic E-state index is 0.00999. The second-order valence-corrected chi connectivity index (χ2v) is 6.21. The molecule has 1 atom stereocenters. The number of amides is 1. The molecule has 0 fully saturated rings. The Morgan fingerprint density at radius 2 is 2.05 bits per heavy atom. The highest BCUT2D eigenvalue weighted by Crippen LogP contribution is 2.44. The monoisotopic (exact) mass is 299 g/mol. The zero-order valence-electron chi connectivity index (χ0n) is 12.4. The van der Waals surface area contributed by atoms with Gasteiger partial charge in [0.1, 0.15) is 6.26 Å². The summed E-state index contributed by atoms with van der Waals surface area (Å²) in [7, 11) is 0.